The Morgan fingerprint density at radius 2 is 1.81 bits per heavy atom. The van der Waals surface area contributed by atoms with E-state index >= 15 is 0 Å². The summed E-state index contributed by atoms with van der Waals surface area (Å²) in [5.41, 5.74) is -0.283. The topological polar surface area (TPSA) is 106 Å². The predicted molar refractivity (Wildman–Crippen MR) is 103 cm³/mol. The minimum atomic E-state index is -4.10. The fourth-order valence-corrected chi connectivity index (χ4v) is 3.81. The lowest BCUT2D eigenvalue weighted by Crippen LogP contribution is -2.24. The van der Waals surface area contributed by atoms with Crippen molar-refractivity contribution < 1.29 is 26.4 Å². The maximum atomic E-state index is 14.2. The number of carbonyl (C=O) groups excluding carboxylic acids is 1. The Morgan fingerprint density at radius 3 is 2.52 bits per heavy atom. The molecule has 1 aliphatic rings. The molecule has 2 N–H and O–H groups in total. The lowest BCUT2D eigenvalue weighted by Gasteiger charge is -2.10. The summed E-state index contributed by atoms with van der Waals surface area (Å²) in [6.07, 6.45) is 3.64. The van der Waals surface area contributed by atoms with Crippen molar-refractivity contribution in [3.05, 3.63) is 71.3 Å². The van der Waals surface area contributed by atoms with Crippen LogP contribution in [0.3, 0.4) is 0 Å². The highest BCUT2D eigenvalue weighted by molar-refractivity contribution is 7.89. The van der Waals surface area contributed by atoms with Crippen molar-refractivity contribution in [1.82, 2.24) is 19.7 Å². The van der Waals surface area contributed by atoms with Gasteiger partial charge >= 0.3 is 0 Å². The second-order valence-electron chi connectivity index (χ2n) is 6.97. The van der Waals surface area contributed by atoms with Crippen LogP contribution in [-0.2, 0) is 16.6 Å². The Hall–Kier alpha value is -3.25. The Balaban J connectivity index is 1.49. The fourth-order valence-electron chi connectivity index (χ4n) is 2.78. The highest BCUT2D eigenvalue weighted by atomic mass is 32.2. The molecule has 3 aromatic rings. The van der Waals surface area contributed by atoms with Gasteiger partial charge < -0.3 is 5.32 Å². The molecule has 4 rings (SSSR count). The fraction of sp³-hybridized carbons (Fsp3) is 0.211. The third-order valence-electron chi connectivity index (χ3n) is 4.59. The molecule has 0 spiro atoms. The van der Waals surface area contributed by atoms with E-state index in [-0.39, 0.29) is 17.1 Å². The largest absolute Gasteiger partial charge is 0.322 e. The van der Waals surface area contributed by atoms with Gasteiger partial charge in [-0.1, -0.05) is 5.21 Å². The molecule has 8 nitrogen and oxygen atoms in total. The lowest BCUT2D eigenvalue weighted by atomic mass is 10.2. The SMILES string of the molecule is O=C(Nc1ccc(F)c(F)c1)c1cc(S(=O)(=O)NCc2cn(C3CC3)nn2)ccc1F. The van der Waals surface area contributed by atoms with Crippen LogP contribution in [0, 0.1) is 17.5 Å². The maximum Gasteiger partial charge on any atom is 0.258 e. The van der Waals surface area contributed by atoms with Gasteiger partial charge in [-0.3, -0.25) is 4.79 Å². The van der Waals surface area contributed by atoms with Crippen LogP contribution < -0.4 is 10.0 Å². The molecule has 0 aliphatic heterocycles. The first-order valence-electron chi connectivity index (χ1n) is 9.19. The van der Waals surface area contributed by atoms with Crippen LogP contribution in [0.2, 0.25) is 0 Å². The summed E-state index contributed by atoms with van der Waals surface area (Å²) >= 11 is 0. The van der Waals surface area contributed by atoms with Crippen LogP contribution in [0.25, 0.3) is 0 Å². The normalized spacial score (nSPS) is 13.9. The quantitative estimate of drug-likeness (QED) is 0.575. The molecular formula is C19H16F3N5O3S. The molecule has 0 atom stereocenters. The minimum absolute atomic E-state index is 0.117. The first-order chi connectivity index (χ1) is 14.7. The molecule has 1 heterocycles. The van der Waals surface area contributed by atoms with Gasteiger partial charge in [0.25, 0.3) is 5.91 Å². The van der Waals surface area contributed by atoms with Crippen molar-refractivity contribution in [2.75, 3.05) is 5.32 Å². The van der Waals surface area contributed by atoms with Crippen LogP contribution in [0.5, 0.6) is 0 Å². The van der Waals surface area contributed by atoms with Crippen molar-refractivity contribution >= 4 is 21.6 Å². The number of hydrogen-bond acceptors (Lipinski definition) is 5. The monoisotopic (exact) mass is 451 g/mol. The number of carbonyl (C=O) groups is 1. The molecule has 1 fully saturated rings. The summed E-state index contributed by atoms with van der Waals surface area (Å²) in [4.78, 5) is 12.0. The van der Waals surface area contributed by atoms with Crippen molar-refractivity contribution in [1.29, 1.82) is 0 Å². The Bertz CT molecular complexity index is 1260. The minimum Gasteiger partial charge on any atom is -0.322 e. The second-order valence-corrected chi connectivity index (χ2v) is 8.74. The van der Waals surface area contributed by atoms with Crippen molar-refractivity contribution in [2.24, 2.45) is 0 Å². The summed E-state index contributed by atoms with van der Waals surface area (Å²) in [6, 6.07) is 5.60. The first-order valence-corrected chi connectivity index (χ1v) is 10.7. The maximum absolute atomic E-state index is 14.2. The zero-order valence-corrected chi connectivity index (χ0v) is 16.7. The van der Waals surface area contributed by atoms with Gasteiger partial charge in [0.15, 0.2) is 11.6 Å². The zero-order valence-electron chi connectivity index (χ0n) is 15.8. The Morgan fingerprint density at radius 1 is 1.06 bits per heavy atom. The number of benzene rings is 2. The first kappa shape index (κ1) is 21.0. The highest BCUT2D eigenvalue weighted by Crippen LogP contribution is 2.33. The van der Waals surface area contributed by atoms with Crippen LogP contribution in [0.15, 0.2) is 47.5 Å². The number of amides is 1. The number of sulfonamides is 1. The van der Waals surface area contributed by atoms with E-state index in [4.69, 9.17) is 0 Å². The van der Waals surface area contributed by atoms with E-state index in [0.29, 0.717) is 11.7 Å². The van der Waals surface area contributed by atoms with Crippen molar-refractivity contribution in [3.63, 3.8) is 0 Å². The van der Waals surface area contributed by atoms with Gasteiger partial charge in [-0.05, 0) is 43.2 Å². The number of anilines is 1. The third-order valence-corrected chi connectivity index (χ3v) is 5.99. The number of rotatable bonds is 7. The van der Waals surface area contributed by atoms with Gasteiger partial charge in [0.1, 0.15) is 5.82 Å². The summed E-state index contributed by atoms with van der Waals surface area (Å²) in [6.45, 7) is -0.136. The molecule has 12 heteroatoms. The standard InChI is InChI=1S/C19H16F3N5O3S/c20-16-6-4-14(8-15(16)19(28)24-11-1-5-17(21)18(22)7-11)31(29,30)23-9-12-10-27(26-25-12)13-2-3-13/h1,4-8,10,13,23H,2-3,9H2,(H,24,28). The molecule has 0 bridgehead atoms. The number of aromatic nitrogens is 3. The van der Waals surface area contributed by atoms with Gasteiger partial charge in [0.2, 0.25) is 10.0 Å². The highest BCUT2D eigenvalue weighted by Gasteiger charge is 2.25. The average molecular weight is 451 g/mol. The zero-order chi connectivity index (χ0) is 22.2. The molecular weight excluding hydrogens is 435 g/mol. The second kappa shape index (κ2) is 8.12. The molecule has 0 saturated heterocycles. The molecule has 0 unspecified atom stereocenters. The molecule has 2 aromatic carbocycles. The number of nitrogens with zero attached hydrogens (tertiary/aromatic N) is 3. The van der Waals surface area contributed by atoms with Gasteiger partial charge in [-0.2, -0.15) is 0 Å². The summed E-state index contributed by atoms with van der Waals surface area (Å²) in [7, 11) is -4.10. The molecule has 1 saturated carbocycles. The summed E-state index contributed by atoms with van der Waals surface area (Å²) in [5.74, 6) is -4.31. The summed E-state index contributed by atoms with van der Waals surface area (Å²) in [5, 5.41) is 10.0. The molecule has 31 heavy (non-hydrogen) atoms. The van der Waals surface area contributed by atoms with Crippen LogP contribution in [0.1, 0.15) is 34.9 Å². The predicted octanol–water partition coefficient (Wildman–Crippen LogP) is 2.76. The van der Waals surface area contributed by atoms with Crippen LogP contribution in [0.4, 0.5) is 18.9 Å². The summed E-state index contributed by atoms with van der Waals surface area (Å²) < 4.78 is 69.6. The molecule has 1 amide bonds. The van der Waals surface area contributed by atoms with E-state index in [0.717, 1.165) is 49.2 Å². The van der Waals surface area contributed by atoms with Gasteiger partial charge in [-0.15, -0.1) is 5.10 Å². The van der Waals surface area contributed by atoms with Gasteiger partial charge in [-0.25, -0.2) is 31.0 Å². The molecule has 162 valence electrons. The number of halogens is 3. The van der Waals surface area contributed by atoms with Gasteiger partial charge in [0, 0.05) is 11.8 Å². The molecule has 1 aliphatic carbocycles. The Kier molecular flexibility index (Phi) is 5.50. The van der Waals surface area contributed by atoms with Gasteiger partial charge in [0.05, 0.1) is 34.9 Å². The Labute approximate surface area is 175 Å². The van der Waals surface area contributed by atoms with Crippen LogP contribution in [-0.4, -0.2) is 29.3 Å². The van der Waals surface area contributed by atoms with E-state index in [1.807, 2.05) is 0 Å². The van der Waals surface area contributed by atoms with Crippen molar-refractivity contribution in [2.45, 2.75) is 30.3 Å². The van der Waals surface area contributed by atoms with E-state index < -0.39 is 38.9 Å². The average Bonchev–Trinajstić information content (AvgIpc) is 3.47. The number of hydrogen-bond donors (Lipinski definition) is 2. The number of nitrogens with one attached hydrogen (secondary N) is 2. The van der Waals surface area contributed by atoms with E-state index in [1.165, 1.54) is 0 Å². The van der Waals surface area contributed by atoms with Crippen LogP contribution >= 0.6 is 0 Å². The third kappa shape index (κ3) is 4.75. The lowest BCUT2D eigenvalue weighted by molar-refractivity contribution is 0.102. The molecule has 1 aromatic heterocycles. The van der Waals surface area contributed by atoms with Crippen molar-refractivity contribution in [3.8, 4) is 0 Å². The van der Waals surface area contributed by atoms with E-state index in [9.17, 15) is 26.4 Å². The van der Waals surface area contributed by atoms with E-state index in [2.05, 4.69) is 20.4 Å². The smallest absolute Gasteiger partial charge is 0.258 e. The molecule has 0 radical (unpaired) electrons. The van der Waals surface area contributed by atoms with E-state index in [1.54, 1.807) is 10.9 Å².